The topological polar surface area (TPSA) is 134 Å². The second-order valence-corrected chi connectivity index (χ2v) is 9.53. The monoisotopic (exact) mass is 611 g/mol. The standard InChI is InChI=1S/C31H23F2N7O5/c1-2-38-18-27(29(41)40(31(38)43)22-9-6-19(32)7-10-22)45-30(42)37-20-8-11-25(23(33)15-20)44-26-16-21(17-39-24(26)12-14-35-39)36-28-5-3-4-13-34-28/h3-18H,2H2,1H3,(H,34,36)(H,37,42). The van der Waals surface area contributed by atoms with Crippen molar-refractivity contribution in [2.75, 3.05) is 10.6 Å². The number of pyridine rings is 2. The number of nitrogens with zero attached hydrogens (tertiary/aromatic N) is 5. The molecule has 45 heavy (non-hydrogen) atoms. The Morgan fingerprint density at radius 2 is 1.71 bits per heavy atom. The zero-order chi connectivity index (χ0) is 31.5. The lowest BCUT2D eigenvalue weighted by Crippen LogP contribution is -2.39. The van der Waals surface area contributed by atoms with Crippen molar-refractivity contribution >= 4 is 28.8 Å². The lowest BCUT2D eigenvalue weighted by Gasteiger charge is -2.13. The van der Waals surface area contributed by atoms with Crippen LogP contribution in [0, 0.1) is 11.6 Å². The summed E-state index contributed by atoms with van der Waals surface area (Å²) in [5.41, 5.74) is -0.380. The molecule has 2 aromatic carbocycles. The SMILES string of the molecule is CCn1cc(OC(=O)Nc2ccc(Oc3cc(Nc4ccccn4)cn4nccc34)c(F)c2)c(=O)n(-c2ccc(F)cc2)c1=O. The quantitative estimate of drug-likeness (QED) is 0.231. The molecule has 6 rings (SSSR count). The second kappa shape index (κ2) is 12.1. The summed E-state index contributed by atoms with van der Waals surface area (Å²) in [6, 6.07) is 17.2. The first-order valence-corrected chi connectivity index (χ1v) is 13.5. The van der Waals surface area contributed by atoms with Crippen molar-refractivity contribution in [3.05, 3.63) is 130 Å². The minimum atomic E-state index is -1.11. The number of amides is 1. The molecule has 0 saturated heterocycles. The number of aryl methyl sites for hydroxylation is 1. The van der Waals surface area contributed by atoms with Crippen LogP contribution in [0.3, 0.4) is 0 Å². The summed E-state index contributed by atoms with van der Waals surface area (Å²) in [5.74, 6) is -1.07. The largest absolute Gasteiger partial charge is 0.452 e. The molecule has 0 bridgehead atoms. The smallest absolute Gasteiger partial charge is 0.417 e. The molecule has 4 aromatic heterocycles. The average molecular weight is 612 g/mol. The molecule has 0 aliphatic carbocycles. The summed E-state index contributed by atoms with van der Waals surface area (Å²) in [6.07, 6.45) is 4.92. The van der Waals surface area contributed by atoms with Gasteiger partial charge in [0.25, 0.3) is 0 Å². The number of hydrogen-bond donors (Lipinski definition) is 2. The van der Waals surface area contributed by atoms with Gasteiger partial charge in [0.05, 0.1) is 30.0 Å². The Labute approximate surface area is 252 Å². The molecule has 4 heterocycles. The van der Waals surface area contributed by atoms with E-state index in [0.29, 0.717) is 22.8 Å². The molecule has 1 amide bonds. The van der Waals surface area contributed by atoms with Gasteiger partial charge in [0.1, 0.15) is 17.2 Å². The number of hydrogen-bond acceptors (Lipinski definition) is 8. The Bertz CT molecular complexity index is 2150. The predicted octanol–water partition coefficient (Wildman–Crippen LogP) is 5.49. The Kier molecular flexibility index (Phi) is 7.76. The molecule has 14 heteroatoms. The number of fused-ring (bicyclic) bond motifs is 1. The molecule has 226 valence electrons. The van der Waals surface area contributed by atoms with Crippen LogP contribution in [0.25, 0.3) is 11.2 Å². The number of aromatic nitrogens is 5. The number of anilines is 3. The molecule has 0 aliphatic rings. The molecular formula is C31H23F2N7O5. The number of halogens is 2. The Hall–Kier alpha value is -6.31. The first kappa shape index (κ1) is 28.8. The normalized spacial score (nSPS) is 10.9. The molecule has 0 atom stereocenters. The van der Waals surface area contributed by atoms with Crippen LogP contribution in [0.4, 0.5) is 30.8 Å². The van der Waals surface area contributed by atoms with Gasteiger partial charge in [-0.1, -0.05) is 6.07 Å². The van der Waals surface area contributed by atoms with Gasteiger partial charge in [0.2, 0.25) is 5.75 Å². The van der Waals surface area contributed by atoms with Gasteiger partial charge in [0.15, 0.2) is 17.3 Å². The van der Waals surface area contributed by atoms with Crippen molar-refractivity contribution in [1.29, 1.82) is 0 Å². The van der Waals surface area contributed by atoms with E-state index in [0.717, 1.165) is 33.5 Å². The van der Waals surface area contributed by atoms with Gasteiger partial charge in [-0.15, -0.1) is 0 Å². The van der Waals surface area contributed by atoms with Gasteiger partial charge in [-0.25, -0.2) is 32.4 Å². The third-order valence-corrected chi connectivity index (χ3v) is 6.56. The van der Waals surface area contributed by atoms with E-state index >= 15 is 4.39 Å². The van der Waals surface area contributed by atoms with Crippen LogP contribution in [-0.2, 0) is 6.54 Å². The van der Waals surface area contributed by atoms with Crippen LogP contribution in [0.2, 0.25) is 0 Å². The molecule has 0 fully saturated rings. The van der Waals surface area contributed by atoms with E-state index in [1.807, 2.05) is 6.07 Å². The molecule has 0 saturated carbocycles. The van der Waals surface area contributed by atoms with Crippen LogP contribution in [-0.4, -0.2) is 29.8 Å². The van der Waals surface area contributed by atoms with Gasteiger partial charge in [0, 0.05) is 30.6 Å². The van der Waals surface area contributed by atoms with Crippen molar-refractivity contribution in [3.63, 3.8) is 0 Å². The zero-order valence-electron chi connectivity index (χ0n) is 23.5. The van der Waals surface area contributed by atoms with Crippen molar-refractivity contribution in [3.8, 4) is 22.9 Å². The molecule has 0 spiro atoms. The fourth-order valence-electron chi connectivity index (χ4n) is 4.45. The van der Waals surface area contributed by atoms with Gasteiger partial charge in [-0.05, 0) is 61.5 Å². The summed E-state index contributed by atoms with van der Waals surface area (Å²) in [7, 11) is 0. The first-order chi connectivity index (χ1) is 21.8. The summed E-state index contributed by atoms with van der Waals surface area (Å²) in [4.78, 5) is 42.8. The molecule has 0 radical (unpaired) electrons. The van der Waals surface area contributed by atoms with Crippen molar-refractivity contribution in [2.24, 2.45) is 0 Å². The van der Waals surface area contributed by atoms with E-state index < -0.39 is 34.7 Å². The van der Waals surface area contributed by atoms with Crippen LogP contribution >= 0.6 is 0 Å². The Balaban J connectivity index is 1.21. The maximum Gasteiger partial charge on any atom is 0.417 e. The van der Waals surface area contributed by atoms with Crippen molar-refractivity contribution < 1.29 is 23.0 Å². The number of ether oxygens (including phenoxy) is 2. The maximum atomic E-state index is 15.2. The average Bonchev–Trinajstić information content (AvgIpc) is 3.50. The Morgan fingerprint density at radius 3 is 2.44 bits per heavy atom. The van der Waals surface area contributed by atoms with E-state index in [1.165, 1.54) is 24.3 Å². The van der Waals surface area contributed by atoms with E-state index in [2.05, 4.69) is 20.7 Å². The third-order valence-electron chi connectivity index (χ3n) is 6.56. The third kappa shape index (κ3) is 6.10. The minimum Gasteiger partial charge on any atom is -0.452 e. The van der Waals surface area contributed by atoms with Gasteiger partial charge < -0.3 is 14.8 Å². The number of benzene rings is 2. The number of rotatable bonds is 8. The maximum absolute atomic E-state index is 15.2. The van der Waals surface area contributed by atoms with E-state index in [-0.39, 0.29) is 23.7 Å². The van der Waals surface area contributed by atoms with Crippen LogP contribution in [0.1, 0.15) is 6.92 Å². The first-order valence-electron chi connectivity index (χ1n) is 13.5. The van der Waals surface area contributed by atoms with Crippen LogP contribution in [0.5, 0.6) is 17.2 Å². The summed E-state index contributed by atoms with van der Waals surface area (Å²) >= 11 is 0. The van der Waals surface area contributed by atoms with Crippen molar-refractivity contribution in [1.82, 2.24) is 23.7 Å². The number of carbonyl (C=O) groups is 1. The van der Waals surface area contributed by atoms with Gasteiger partial charge in [-0.3, -0.25) is 14.7 Å². The lowest BCUT2D eigenvalue weighted by molar-refractivity contribution is 0.213. The highest BCUT2D eigenvalue weighted by Gasteiger charge is 2.18. The zero-order valence-corrected chi connectivity index (χ0v) is 23.5. The number of carbonyl (C=O) groups excluding carboxylic acids is 1. The van der Waals surface area contributed by atoms with Crippen molar-refractivity contribution in [2.45, 2.75) is 13.5 Å². The fourth-order valence-corrected chi connectivity index (χ4v) is 4.45. The van der Waals surface area contributed by atoms with E-state index in [9.17, 15) is 18.8 Å². The summed E-state index contributed by atoms with van der Waals surface area (Å²) in [5, 5.41) is 9.74. The highest BCUT2D eigenvalue weighted by atomic mass is 19.1. The lowest BCUT2D eigenvalue weighted by atomic mass is 10.2. The summed E-state index contributed by atoms with van der Waals surface area (Å²) in [6.45, 7) is 1.81. The Morgan fingerprint density at radius 1 is 0.889 bits per heavy atom. The van der Waals surface area contributed by atoms with Crippen LogP contribution < -0.4 is 31.4 Å². The highest BCUT2D eigenvalue weighted by molar-refractivity contribution is 5.86. The predicted molar refractivity (Wildman–Crippen MR) is 161 cm³/mol. The van der Waals surface area contributed by atoms with E-state index in [4.69, 9.17) is 9.47 Å². The minimum absolute atomic E-state index is 0.00703. The molecular weight excluding hydrogens is 588 g/mol. The van der Waals surface area contributed by atoms with Gasteiger partial charge in [-0.2, -0.15) is 5.10 Å². The summed E-state index contributed by atoms with van der Waals surface area (Å²) < 4.78 is 43.2. The van der Waals surface area contributed by atoms with Gasteiger partial charge >= 0.3 is 17.3 Å². The molecule has 0 unspecified atom stereocenters. The molecule has 6 aromatic rings. The number of nitrogens with one attached hydrogen (secondary N) is 2. The molecule has 0 aliphatic heterocycles. The molecule has 12 nitrogen and oxygen atoms in total. The molecule has 2 N–H and O–H groups in total. The second-order valence-electron chi connectivity index (χ2n) is 9.53. The van der Waals surface area contributed by atoms with E-state index in [1.54, 1.807) is 54.3 Å². The van der Waals surface area contributed by atoms with Crippen LogP contribution in [0.15, 0.2) is 107 Å². The fraction of sp³-hybridized carbons (Fsp3) is 0.0645. The highest BCUT2D eigenvalue weighted by Crippen LogP contribution is 2.32.